The number of fused-ring (bicyclic) bond motifs is 2. The molecule has 1 fully saturated rings. The molecule has 2 aromatic heterocycles. The minimum Gasteiger partial charge on any atom is -0.350 e. The van der Waals surface area contributed by atoms with Crippen LogP contribution in [0.1, 0.15) is 46.9 Å². The molecule has 5 rings (SSSR count). The van der Waals surface area contributed by atoms with Gasteiger partial charge in [-0.15, -0.1) is 0 Å². The van der Waals surface area contributed by atoms with Gasteiger partial charge in [0, 0.05) is 55.8 Å². The quantitative estimate of drug-likeness (QED) is 0.693. The van der Waals surface area contributed by atoms with E-state index in [1.165, 1.54) is 6.42 Å². The van der Waals surface area contributed by atoms with Gasteiger partial charge < -0.3 is 14.4 Å². The second-order valence-electron chi connectivity index (χ2n) is 9.14. The van der Waals surface area contributed by atoms with Crippen molar-refractivity contribution in [3.63, 3.8) is 0 Å². The zero-order valence-electron chi connectivity index (χ0n) is 18.4. The third kappa shape index (κ3) is 3.52. The summed E-state index contributed by atoms with van der Waals surface area (Å²) in [6.07, 6.45) is 5.02. The van der Waals surface area contributed by atoms with Crippen molar-refractivity contribution >= 4 is 22.8 Å². The van der Waals surface area contributed by atoms with Crippen LogP contribution < -0.4 is 10.5 Å². The maximum atomic E-state index is 13.2. The SMILES string of the molecule is Cc1cn(C)c2ccc(C(=O)N3CCc4nc(N5CCC[C@H](C)C5)[nH]c(=O)c4C3)cc12. The molecule has 0 radical (unpaired) electrons. The molecule has 1 amide bonds. The van der Waals surface area contributed by atoms with Crippen molar-refractivity contribution < 1.29 is 4.79 Å². The molecule has 0 aliphatic carbocycles. The molecule has 0 bridgehead atoms. The molecule has 0 unspecified atom stereocenters. The molecule has 1 aromatic carbocycles. The van der Waals surface area contributed by atoms with E-state index in [2.05, 4.69) is 34.5 Å². The zero-order chi connectivity index (χ0) is 21.7. The van der Waals surface area contributed by atoms with Crippen molar-refractivity contribution in [1.82, 2.24) is 19.4 Å². The van der Waals surface area contributed by atoms with E-state index in [1.54, 1.807) is 4.90 Å². The molecule has 2 aliphatic heterocycles. The summed E-state index contributed by atoms with van der Waals surface area (Å²) in [4.78, 5) is 37.8. The maximum absolute atomic E-state index is 13.2. The van der Waals surface area contributed by atoms with Crippen molar-refractivity contribution in [2.45, 2.75) is 39.7 Å². The topological polar surface area (TPSA) is 74.2 Å². The van der Waals surface area contributed by atoms with E-state index < -0.39 is 0 Å². The molecule has 0 spiro atoms. The summed E-state index contributed by atoms with van der Waals surface area (Å²) in [5, 5.41) is 1.09. The highest BCUT2D eigenvalue weighted by Crippen LogP contribution is 2.25. The summed E-state index contributed by atoms with van der Waals surface area (Å²) in [5.74, 6) is 1.25. The highest BCUT2D eigenvalue weighted by Gasteiger charge is 2.27. The van der Waals surface area contributed by atoms with Crippen LogP contribution in [0.3, 0.4) is 0 Å². The van der Waals surface area contributed by atoms with Crippen LogP contribution in [0.2, 0.25) is 0 Å². The second kappa shape index (κ2) is 7.55. The Labute approximate surface area is 181 Å². The van der Waals surface area contributed by atoms with Crippen molar-refractivity contribution in [1.29, 1.82) is 0 Å². The number of aryl methyl sites for hydroxylation is 2. The highest BCUT2D eigenvalue weighted by atomic mass is 16.2. The van der Waals surface area contributed by atoms with Gasteiger partial charge in [0.2, 0.25) is 5.95 Å². The summed E-state index contributed by atoms with van der Waals surface area (Å²) in [7, 11) is 2.01. The number of hydrogen-bond donors (Lipinski definition) is 1. The summed E-state index contributed by atoms with van der Waals surface area (Å²) >= 11 is 0. The number of piperidine rings is 1. The van der Waals surface area contributed by atoms with Gasteiger partial charge in [-0.05, 0) is 49.4 Å². The van der Waals surface area contributed by atoms with Gasteiger partial charge in [0.25, 0.3) is 11.5 Å². The number of aromatic amines is 1. The Hall–Kier alpha value is -3.09. The summed E-state index contributed by atoms with van der Waals surface area (Å²) in [5.41, 5.74) is 4.24. The van der Waals surface area contributed by atoms with Gasteiger partial charge in [-0.3, -0.25) is 14.6 Å². The Morgan fingerprint density at radius 1 is 1.26 bits per heavy atom. The van der Waals surface area contributed by atoms with Crippen LogP contribution in [0.5, 0.6) is 0 Å². The number of anilines is 1. The lowest BCUT2D eigenvalue weighted by atomic mass is 10.0. The fraction of sp³-hybridized carbons (Fsp3) is 0.458. The number of amides is 1. The summed E-state index contributed by atoms with van der Waals surface area (Å²) < 4.78 is 2.07. The maximum Gasteiger partial charge on any atom is 0.257 e. The van der Waals surface area contributed by atoms with Gasteiger partial charge in [-0.1, -0.05) is 6.92 Å². The molecule has 31 heavy (non-hydrogen) atoms. The normalized spacial score (nSPS) is 19.0. The lowest BCUT2D eigenvalue weighted by molar-refractivity contribution is 0.0733. The predicted octanol–water partition coefficient (Wildman–Crippen LogP) is 3.00. The van der Waals surface area contributed by atoms with E-state index in [4.69, 9.17) is 4.98 Å². The Morgan fingerprint density at radius 2 is 2.10 bits per heavy atom. The van der Waals surface area contributed by atoms with Crippen molar-refractivity contribution in [3.05, 3.63) is 57.1 Å². The first-order valence-electron chi connectivity index (χ1n) is 11.1. The standard InChI is InChI=1S/C24H29N5O2/c1-15-5-4-9-29(12-15)24-25-20-8-10-28(14-19(20)22(30)26-24)23(31)17-6-7-21-18(11-17)16(2)13-27(21)3/h6-7,11,13,15H,4-5,8-10,12,14H2,1-3H3,(H,25,26,30)/t15-/m0/s1. The van der Waals surface area contributed by atoms with E-state index in [0.29, 0.717) is 42.5 Å². The molecule has 7 nitrogen and oxygen atoms in total. The Kier molecular flexibility index (Phi) is 4.84. The van der Waals surface area contributed by atoms with Crippen LogP contribution in [0.15, 0.2) is 29.2 Å². The van der Waals surface area contributed by atoms with Gasteiger partial charge >= 0.3 is 0 Å². The summed E-state index contributed by atoms with van der Waals surface area (Å²) in [6, 6.07) is 5.84. The van der Waals surface area contributed by atoms with E-state index >= 15 is 0 Å². The van der Waals surface area contributed by atoms with Gasteiger partial charge in [-0.2, -0.15) is 0 Å². The fourth-order valence-corrected chi connectivity index (χ4v) is 5.02. The number of nitrogens with one attached hydrogen (secondary N) is 1. The number of carbonyl (C=O) groups excluding carboxylic acids is 1. The fourth-order valence-electron chi connectivity index (χ4n) is 5.02. The van der Waals surface area contributed by atoms with E-state index in [-0.39, 0.29) is 11.5 Å². The van der Waals surface area contributed by atoms with Crippen molar-refractivity contribution in [2.24, 2.45) is 13.0 Å². The molecular weight excluding hydrogens is 390 g/mol. The Balaban J connectivity index is 1.40. The molecular formula is C24H29N5O2. The van der Waals surface area contributed by atoms with Gasteiger partial charge in [0.15, 0.2) is 0 Å². The van der Waals surface area contributed by atoms with Crippen LogP contribution >= 0.6 is 0 Å². The second-order valence-corrected chi connectivity index (χ2v) is 9.14. The number of H-pyrrole nitrogens is 1. The molecule has 0 saturated carbocycles. The predicted molar refractivity (Wildman–Crippen MR) is 122 cm³/mol. The third-order valence-electron chi connectivity index (χ3n) is 6.74. The molecule has 1 N–H and O–H groups in total. The Bertz CT molecular complexity index is 1220. The molecule has 162 valence electrons. The average molecular weight is 420 g/mol. The molecule has 2 aliphatic rings. The number of hydrogen-bond acceptors (Lipinski definition) is 4. The van der Waals surface area contributed by atoms with Crippen molar-refractivity contribution in [3.8, 4) is 0 Å². The first-order chi connectivity index (χ1) is 14.9. The molecule has 1 atom stereocenters. The lowest BCUT2D eigenvalue weighted by Gasteiger charge is -2.33. The molecule has 1 saturated heterocycles. The number of nitrogens with zero attached hydrogens (tertiary/aromatic N) is 4. The number of aromatic nitrogens is 3. The molecule has 7 heteroatoms. The number of carbonyl (C=O) groups is 1. The van der Waals surface area contributed by atoms with Crippen LogP contribution in [-0.2, 0) is 20.0 Å². The van der Waals surface area contributed by atoms with Crippen LogP contribution in [0.25, 0.3) is 10.9 Å². The number of rotatable bonds is 2. The molecule has 3 aromatic rings. The minimum absolute atomic E-state index is 0.0378. The number of benzene rings is 1. The van der Waals surface area contributed by atoms with E-state index in [1.807, 2.05) is 25.2 Å². The minimum atomic E-state index is -0.120. The summed E-state index contributed by atoms with van der Waals surface area (Å²) in [6.45, 7) is 7.02. The zero-order valence-corrected chi connectivity index (χ0v) is 18.4. The van der Waals surface area contributed by atoms with E-state index in [9.17, 15) is 9.59 Å². The van der Waals surface area contributed by atoms with Gasteiger partial charge in [-0.25, -0.2) is 4.98 Å². The monoisotopic (exact) mass is 419 g/mol. The lowest BCUT2D eigenvalue weighted by Crippen LogP contribution is -2.41. The largest absolute Gasteiger partial charge is 0.350 e. The smallest absolute Gasteiger partial charge is 0.257 e. The first-order valence-corrected chi connectivity index (χ1v) is 11.1. The third-order valence-corrected chi connectivity index (χ3v) is 6.74. The van der Waals surface area contributed by atoms with Crippen LogP contribution in [0.4, 0.5) is 5.95 Å². The highest BCUT2D eigenvalue weighted by molar-refractivity contribution is 5.99. The van der Waals surface area contributed by atoms with Crippen LogP contribution in [0, 0.1) is 12.8 Å². The van der Waals surface area contributed by atoms with Crippen LogP contribution in [-0.4, -0.2) is 45.0 Å². The molecule has 4 heterocycles. The Morgan fingerprint density at radius 3 is 2.90 bits per heavy atom. The first kappa shape index (κ1) is 19.8. The van der Waals surface area contributed by atoms with Crippen molar-refractivity contribution in [2.75, 3.05) is 24.5 Å². The van der Waals surface area contributed by atoms with Gasteiger partial charge in [0.05, 0.1) is 17.8 Å². The average Bonchev–Trinajstić information content (AvgIpc) is 3.06. The van der Waals surface area contributed by atoms with E-state index in [0.717, 1.165) is 41.7 Å². The van der Waals surface area contributed by atoms with Gasteiger partial charge in [0.1, 0.15) is 0 Å².